The van der Waals surface area contributed by atoms with Crippen molar-refractivity contribution in [2.75, 3.05) is 11.6 Å². The molecule has 13 heavy (non-hydrogen) atoms. The minimum absolute atomic E-state index is 0.0199. The molecule has 1 aromatic carbocycles. The van der Waals surface area contributed by atoms with Gasteiger partial charge in [-0.3, -0.25) is 4.79 Å². The molecule has 0 fully saturated rings. The second-order valence-corrected chi connectivity index (χ2v) is 3.04. The predicted molar refractivity (Wildman–Crippen MR) is 50.6 cm³/mol. The summed E-state index contributed by atoms with van der Waals surface area (Å²) in [6.45, 7) is 1.74. The molecule has 2 nitrogen and oxygen atoms in total. The fraction of sp³-hybridized carbons (Fsp3) is 0.222. The van der Waals surface area contributed by atoms with Gasteiger partial charge in [0, 0.05) is 0 Å². The van der Waals surface area contributed by atoms with Crippen molar-refractivity contribution in [1.82, 2.24) is 0 Å². The van der Waals surface area contributed by atoms with Crippen LogP contribution in [0.2, 0.25) is 0 Å². The van der Waals surface area contributed by atoms with E-state index in [9.17, 15) is 9.18 Å². The molecule has 0 unspecified atom stereocenters. The molecule has 0 aliphatic rings. The van der Waals surface area contributed by atoms with Crippen LogP contribution in [0.5, 0.6) is 0 Å². The van der Waals surface area contributed by atoms with E-state index < -0.39 is 11.6 Å². The molecule has 0 bridgehead atoms. The standard InChI is InChI=1S/C9H9ClFNO/c1-5-2-6(8(13)4-10)9(11)7(12)3-5/h2-3H,4,12H2,1H3. The van der Waals surface area contributed by atoms with Gasteiger partial charge in [0.05, 0.1) is 17.1 Å². The van der Waals surface area contributed by atoms with Crippen LogP contribution in [0.25, 0.3) is 0 Å². The molecule has 70 valence electrons. The molecule has 1 rings (SSSR count). The zero-order chi connectivity index (χ0) is 10.0. The SMILES string of the molecule is Cc1cc(N)c(F)c(C(=O)CCl)c1. The van der Waals surface area contributed by atoms with Gasteiger partial charge in [-0.2, -0.15) is 0 Å². The van der Waals surface area contributed by atoms with Gasteiger partial charge in [0.15, 0.2) is 11.6 Å². The number of nitrogens with two attached hydrogens (primary N) is 1. The summed E-state index contributed by atoms with van der Waals surface area (Å²) in [5.74, 6) is -1.37. The molecule has 0 amide bonds. The van der Waals surface area contributed by atoms with Gasteiger partial charge in [-0.15, -0.1) is 11.6 Å². The third-order valence-electron chi connectivity index (χ3n) is 1.67. The Balaban J connectivity index is 3.28. The number of hydrogen-bond acceptors (Lipinski definition) is 2. The highest BCUT2D eigenvalue weighted by Gasteiger charge is 2.13. The molecule has 0 spiro atoms. The van der Waals surface area contributed by atoms with Gasteiger partial charge in [-0.25, -0.2) is 4.39 Å². The third kappa shape index (κ3) is 1.98. The number of halogens is 2. The third-order valence-corrected chi connectivity index (χ3v) is 1.91. The maximum absolute atomic E-state index is 13.2. The molecule has 1 aromatic rings. The van der Waals surface area contributed by atoms with Crippen molar-refractivity contribution in [3.05, 3.63) is 29.1 Å². The molecule has 4 heteroatoms. The number of rotatable bonds is 2. The van der Waals surface area contributed by atoms with Gasteiger partial charge < -0.3 is 5.73 Å². The number of hydrogen-bond donors (Lipinski definition) is 1. The Bertz CT molecular complexity index is 352. The Morgan fingerprint density at radius 2 is 2.23 bits per heavy atom. The number of carbonyl (C=O) groups is 1. The monoisotopic (exact) mass is 201 g/mol. The van der Waals surface area contributed by atoms with E-state index in [4.69, 9.17) is 17.3 Å². The number of ketones is 1. The number of nitrogen functional groups attached to an aromatic ring is 1. The van der Waals surface area contributed by atoms with Crippen molar-refractivity contribution in [1.29, 1.82) is 0 Å². The number of aryl methyl sites for hydroxylation is 1. The summed E-state index contributed by atoms with van der Waals surface area (Å²) in [5.41, 5.74) is 6.03. The fourth-order valence-corrected chi connectivity index (χ4v) is 1.22. The Hall–Kier alpha value is -1.09. The number of carbonyl (C=O) groups excluding carboxylic acids is 1. The molecule has 0 aliphatic heterocycles. The normalized spacial score (nSPS) is 10.1. The zero-order valence-corrected chi connectivity index (χ0v) is 7.86. The molecule has 2 N–H and O–H groups in total. The van der Waals surface area contributed by atoms with Gasteiger partial charge in [-0.05, 0) is 24.6 Å². The Labute approximate surface area is 80.5 Å². The van der Waals surface area contributed by atoms with Gasteiger partial charge in [-0.1, -0.05) is 0 Å². The largest absolute Gasteiger partial charge is 0.396 e. The lowest BCUT2D eigenvalue weighted by Crippen LogP contribution is -2.06. The lowest BCUT2D eigenvalue weighted by molar-refractivity contribution is 0.101. The summed E-state index contributed by atoms with van der Waals surface area (Å²) in [6.07, 6.45) is 0. The van der Waals surface area contributed by atoms with E-state index in [1.54, 1.807) is 6.92 Å². The van der Waals surface area contributed by atoms with Crippen molar-refractivity contribution < 1.29 is 9.18 Å². The summed E-state index contributed by atoms with van der Waals surface area (Å²) in [5, 5.41) is 0. The quantitative estimate of drug-likeness (QED) is 0.453. The Kier molecular flexibility index (Phi) is 2.88. The Morgan fingerprint density at radius 1 is 1.62 bits per heavy atom. The summed E-state index contributed by atoms with van der Waals surface area (Å²) in [7, 11) is 0. The van der Waals surface area contributed by atoms with Crippen molar-refractivity contribution in [3.63, 3.8) is 0 Å². The van der Waals surface area contributed by atoms with Crippen molar-refractivity contribution in [2.45, 2.75) is 6.92 Å². The van der Waals surface area contributed by atoms with Gasteiger partial charge in [0.2, 0.25) is 0 Å². The molecule has 0 saturated carbocycles. The number of Topliss-reactive ketones (excluding diaryl/α,β-unsaturated/α-hetero) is 1. The van der Waals surface area contributed by atoms with Crippen LogP contribution < -0.4 is 5.73 Å². The minimum Gasteiger partial charge on any atom is -0.396 e. The van der Waals surface area contributed by atoms with Crippen LogP contribution in [0.3, 0.4) is 0 Å². The number of benzene rings is 1. The zero-order valence-electron chi connectivity index (χ0n) is 7.10. The van der Waals surface area contributed by atoms with Gasteiger partial charge >= 0.3 is 0 Å². The second-order valence-electron chi connectivity index (χ2n) is 2.77. The van der Waals surface area contributed by atoms with Crippen molar-refractivity contribution in [2.24, 2.45) is 0 Å². The smallest absolute Gasteiger partial charge is 0.180 e. The molecule has 0 saturated heterocycles. The van der Waals surface area contributed by atoms with Crippen LogP contribution in [0.15, 0.2) is 12.1 Å². The van der Waals surface area contributed by atoms with E-state index >= 15 is 0 Å². The molecule has 0 aromatic heterocycles. The van der Waals surface area contributed by atoms with E-state index in [1.807, 2.05) is 0 Å². The Morgan fingerprint density at radius 3 is 2.77 bits per heavy atom. The van der Waals surface area contributed by atoms with E-state index in [1.165, 1.54) is 12.1 Å². The van der Waals surface area contributed by atoms with Crippen LogP contribution in [0.1, 0.15) is 15.9 Å². The lowest BCUT2D eigenvalue weighted by Gasteiger charge is -2.04. The summed E-state index contributed by atoms with van der Waals surface area (Å²) >= 11 is 5.31. The molecule has 0 heterocycles. The first-order chi connectivity index (χ1) is 6.06. The van der Waals surface area contributed by atoms with Crippen LogP contribution >= 0.6 is 11.6 Å². The van der Waals surface area contributed by atoms with Crippen molar-refractivity contribution in [3.8, 4) is 0 Å². The molecular weight excluding hydrogens is 193 g/mol. The lowest BCUT2D eigenvalue weighted by atomic mass is 10.1. The van der Waals surface area contributed by atoms with Crippen LogP contribution in [0, 0.1) is 12.7 Å². The topological polar surface area (TPSA) is 43.1 Å². The van der Waals surface area contributed by atoms with Crippen LogP contribution in [-0.2, 0) is 0 Å². The van der Waals surface area contributed by atoms with E-state index in [0.717, 1.165) is 5.56 Å². The first kappa shape index (κ1) is 9.99. The number of anilines is 1. The predicted octanol–water partition coefficient (Wildman–Crippen LogP) is 2.14. The summed E-state index contributed by atoms with van der Waals surface area (Å²) in [6, 6.07) is 2.91. The average Bonchev–Trinajstić information content (AvgIpc) is 2.10. The van der Waals surface area contributed by atoms with E-state index in [-0.39, 0.29) is 17.1 Å². The molecule has 0 aliphatic carbocycles. The van der Waals surface area contributed by atoms with Crippen LogP contribution in [-0.4, -0.2) is 11.7 Å². The van der Waals surface area contributed by atoms with Gasteiger partial charge in [0.25, 0.3) is 0 Å². The maximum Gasteiger partial charge on any atom is 0.180 e. The van der Waals surface area contributed by atoms with Crippen LogP contribution in [0.4, 0.5) is 10.1 Å². The maximum atomic E-state index is 13.2. The van der Waals surface area contributed by atoms with E-state index in [0.29, 0.717) is 0 Å². The van der Waals surface area contributed by atoms with Crippen molar-refractivity contribution >= 4 is 23.1 Å². The molecular formula is C9H9ClFNO. The number of alkyl halides is 1. The highest BCUT2D eigenvalue weighted by atomic mass is 35.5. The molecule has 0 radical (unpaired) electrons. The minimum atomic E-state index is -0.684. The summed E-state index contributed by atoms with van der Waals surface area (Å²) in [4.78, 5) is 11.1. The highest BCUT2D eigenvalue weighted by molar-refractivity contribution is 6.30. The van der Waals surface area contributed by atoms with E-state index in [2.05, 4.69) is 0 Å². The second kappa shape index (κ2) is 3.75. The summed E-state index contributed by atoms with van der Waals surface area (Å²) < 4.78 is 13.2. The first-order valence-electron chi connectivity index (χ1n) is 3.71. The molecule has 0 atom stereocenters. The highest BCUT2D eigenvalue weighted by Crippen LogP contribution is 2.18. The van der Waals surface area contributed by atoms with Gasteiger partial charge in [0.1, 0.15) is 0 Å². The average molecular weight is 202 g/mol. The first-order valence-corrected chi connectivity index (χ1v) is 4.24. The fourth-order valence-electron chi connectivity index (χ4n) is 1.07.